The van der Waals surface area contributed by atoms with E-state index < -0.39 is 9.84 Å². The van der Waals surface area contributed by atoms with E-state index >= 15 is 0 Å². The molecule has 0 aliphatic carbocycles. The summed E-state index contributed by atoms with van der Waals surface area (Å²) in [5, 5.41) is 0. The van der Waals surface area contributed by atoms with E-state index in [1.54, 1.807) is 0 Å². The first-order valence-electron chi connectivity index (χ1n) is 6.94. The number of hydrogen-bond acceptors (Lipinski definition) is 5. The van der Waals surface area contributed by atoms with Crippen LogP contribution in [0.1, 0.15) is 18.5 Å². The molecular formula is C15H17NO4S. The average molecular weight is 307 g/mol. The Morgan fingerprint density at radius 3 is 2.76 bits per heavy atom. The van der Waals surface area contributed by atoms with Crippen LogP contribution < -0.4 is 0 Å². The molecule has 0 saturated carbocycles. The Morgan fingerprint density at radius 1 is 1.24 bits per heavy atom. The van der Waals surface area contributed by atoms with Gasteiger partial charge in [0.2, 0.25) is 5.89 Å². The predicted octanol–water partition coefficient (Wildman–Crippen LogP) is 2.44. The Hall–Kier alpha value is -1.66. The van der Waals surface area contributed by atoms with Gasteiger partial charge in [0.1, 0.15) is 6.26 Å². The van der Waals surface area contributed by atoms with Crippen LogP contribution in [0.5, 0.6) is 0 Å². The minimum Gasteiger partial charge on any atom is -0.444 e. The average Bonchev–Trinajstić information content (AvgIpc) is 3.10. The van der Waals surface area contributed by atoms with Gasteiger partial charge in [0.25, 0.3) is 0 Å². The van der Waals surface area contributed by atoms with Crippen LogP contribution in [0.4, 0.5) is 0 Å². The van der Waals surface area contributed by atoms with Crippen molar-refractivity contribution in [1.29, 1.82) is 0 Å². The molecule has 0 amide bonds. The van der Waals surface area contributed by atoms with Gasteiger partial charge in [-0.3, -0.25) is 0 Å². The second-order valence-corrected chi connectivity index (χ2v) is 7.31. The molecule has 0 spiro atoms. The fraction of sp³-hybridized carbons (Fsp3) is 0.400. The molecule has 112 valence electrons. The topological polar surface area (TPSA) is 69.4 Å². The van der Waals surface area contributed by atoms with E-state index in [0.717, 1.165) is 18.4 Å². The fourth-order valence-electron chi connectivity index (χ4n) is 2.43. The van der Waals surface area contributed by atoms with Crippen molar-refractivity contribution < 1.29 is 17.6 Å². The summed E-state index contributed by atoms with van der Waals surface area (Å²) in [4.78, 5) is 4.25. The van der Waals surface area contributed by atoms with Crippen LogP contribution in [0, 0.1) is 0 Å². The van der Waals surface area contributed by atoms with Gasteiger partial charge >= 0.3 is 0 Å². The van der Waals surface area contributed by atoms with Gasteiger partial charge in [0, 0.05) is 12.2 Å². The summed E-state index contributed by atoms with van der Waals surface area (Å²) in [5.41, 5.74) is 1.27. The molecule has 6 heteroatoms. The Balaban J connectivity index is 1.69. The monoisotopic (exact) mass is 307 g/mol. The van der Waals surface area contributed by atoms with E-state index in [-0.39, 0.29) is 17.6 Å². The number of hydrogen-bond donors (Lipinski definition) is 0. The van der Waals surface area contributed by atoms with E-state index in [1.807, 2.05) is 30.3 Å². The maximum absolute atomic E-state index is 12.1. The smallest absolute Gasteiger partial charge is 0.226 e. The van der Waals surface area contributed by atoms with Crippen molar-refractivity contribution in [2.24, 2.45) is 0 Å². The molecule has 5 nitrogen and oxygen atoms in total. The van der Waals surface area contributed by atoms with Crippen LogP contribution >= 0.6 is 0 Å². The molecule has 1 aromatic carbocycles. The molecule has 0 bridgehead atoms. The van der Waals surface area contributed by atoms with Gasteiger partial charge < -0.3 is 9.15 Å². The highest BCUT2D eigenvalue weighted by Gasteiger charge is 2.24. The normalized spacial score (nSPS) is 19.0. The van der Waals surface area contributed by atoms with Gasteiger partial charge in [0.15, 0.2) is 9.84 Å². The van der Waals surface area contributed by atoms with Crippen molar-refractivity contribution in [1.82, 2.24) is 4.98 Å². The predicted molar refractivity (Wildman–Crippen MR) is 78.4 cm³/mol. The largest absolute Gasteiger partial charge is 0.444 e. The lowest BCUT2D eigenvalue weighted by Crippen LogP contribution is -2.21. The standard InChI is InChI=1S/C15H17NO4S/c17-21(18,11-14-7-4-8-19-14)10-13-9-20-15(16-13)12-5-2-1-3-6-12/h1-3,5-6,9,14H,4,7-8,10-11H2/t14-/m0/s1. The molecular weight excluding hydrogens is 290 g/mol. The third-order valence-corrected chi connectivity index (χ3v) is 5.02. The molecule has 2 heterocycles. The minimum atomic E-state index is -3.23. The van der Waals surface area contributed by atoms with E-state index in [1.165, 1.54) is 6.26 Å². The minimum absolute atomic E-state index is 0.0561. The molecule has 1 saturated heterocycles. The highest BCUT2D eigenvalue weighted by molar-refractivity contribution is 7.90. The van der Waals surface area contributed by atoms with Crippen molar-refractivity contribution in [2.45, 2.75) is 24.7 Å². The van der Waals surface area contributed by atoms with Gasteiger partial charge in [-0.1, -0.05) is 18.2 Å². The summed E-state index contributed by atoms with van der Waals surface area (Å²) in [6.07, 6.45) is 2.99. The second kappa shape index (κ2) is 5.99. The highest BCUT2D eigenvalue weighted by Crippen LogP contribution is 2.20. The molecule has 1 aliphatic heterocycles. The summed E-state index contributed by atoms with van der Waals surface area (Å²) >= 11 is 0. The van der Waals surface area contributed by atoms with E-state index in [9.17, 15) is 8.42 Å². The van der Waals surface area contributed by atoms with Crippen molar-refractivity contribution >= 4 is 9.84 Å². The van der Waals surface area contributed by atoms with Gasteiger partial charge in [-0.15, -0.1) is 0 Å². The van der Waals surface area contributed by atoms with Gasteiger partial charge in [-0.25, -0.2) is 13.4 Å². The van der Waals surface area contributed by atoms with Crippen LogP contribution in [0.15, 0.2) is 41.0 Å². The Labute approximate surface area is 123 Å². The van der Waals surface area contributed by atoms with Crippen molar-refractivity contribution in [3.05, 3.63) is 42.3 Å². The van der Waals surface area contributed by atoms with Gasteiger partial charge in [-0.05, 0) is 25.0 Å². The molecule has 2 aromatic rings. The Morgan fingerprint density at radius 2 is 2.05 bits per heavy atom. The van der Waals surface area contributed by atoms with Crippen LogP contribution in [-0.2, 0) is 20.3 Å². The number of sulfone groups is 1. The number of ether oxygens (including phenoxy) is 1. The van der Waals surface area contributed by atoms with Crippen LogP contribution in [-0.4, -0.2) is 31.9 Å². The molecule has 0 N–H and O–H groups in total. The molecule has 21 heavy (non-hydrogen) atoms. The Bertz CT molecular complexity index is 687. The highest BCUT2D eigenvalue weighted by atomic mass is 32.2. The Kier molecular flexibility index (Phi) is 4.07. The van der Waals surface area contributed by atoms with Crippen LogP contribution in [0.25, 0.3) is 11.5 Å². The third kappa shape index (κ3) is 3.71. The van der Waals surface area contributed by atoms with E-state index in [0.29, 0.717) is 18.2 Å². The zero-order valence-corrected chi connectivity index (χ0v) is 12.4. The number of oxazole rings is 1. The summed E-state index contributed by atoms with van der Waals surface area (Å²) in [5.74, 6) is 0.391. The first-order chi connectivity index (χ1) is 10.1. The maximum atomic E-state index is 12.1. The molecule has 1 aromatic heterocycles. The molecule has 0 unspecified atom stereocenters. The third-order valence-electron chi connectivity index (χ3n) is 3.40. The van der Waals surface area contributed by atoms with Crippen molar-refractivity contribution in [3.8, 4) is 11.5 Å². The number of nitrogens with zero attached hydrogens (tertiary/aromatic N) is 1. The van der Waals surface area contributed by atoms with Crippen LogP contribution in [0.2, 0.25) is 0 Å². The van der Waals surface area contributed by atoms with Gasteiger partial charge in [-0.2, -0.15) is 0 Å². The SMILES string of the molecule is O=S(=O)(Cc1coc(-c2ccccc2)n1)C[C@@H]1CCCO1. The molecule has 1 fully saturated rings. The van der Waals surface area contributed by atoms with E-state index in [4.69, 9.17) is 9.15 Å². The zero-order chi connectivity index (χ0) is 14.7. The number of rotatable bonds is 5. The lowest BCUT2D eigenvalue weighted by Gasteiger charge is -2.08. The second-order valence-electron chi connectivity index (χ2n) is 5.20. The first-order valence-corrected chi connectivity index (χ1v) is 8.76. The molecule has 1 atom stereocenters. The summed E-state index contributed by atoms with van der Waals surface area (Å²) in [7, 11) is -3.23. The fourth-order valence-corrected chi connectivity index (χ4v) is 3.96. The van der Waals surface area contributed by atoms with Gasteiger partial charge in [0.05, 0.1) is 23.3 Å². The first kappa shape index (κ1) is 14.3. The number of benzene rings is 1. The molecule has 3 rings (SSSR count). The van der Waals surface area contributed by atoms with Crippen LogP contribution in [0.3, 0.4) is 0 Å². The summed E-state index contributed by atoms with van der Waals surface area (Å²) < 4.78 is 35.0. The lowest BCUT2D eigenvalue weighted by molar-refractivity contribution is 0.127. The molecule has 0 radical (unpaired) electrons. The van der Waals surface area contributed by atoms with Crippen molar-refractivity contribution in [3.63, 3.8) is 0 Å². The lowest BCUT2D eigenvalue weighted by atomic mass is 10.2. The van der Waals surface area contributed by atoms with Crippen molar-refractivity contribution in [2.75, 3.05) is 12.4 Å². The zero-order valence-electron chi connectivity index (χ0n) is 11.6. The van der Waals surface area contributed by atoms with E-state index in [2.05, 4.69) is 4.98 Å². The quantitative estimate of drug-likeness (QED) is 0.848. The number of aromatic nitrogens is 1. The molecule has 1 aliphatic rings. The summed E-state index contributed by atoms with van der Waals surface area (Å²) in [6.45, 7) is 0.655. The maximum Gasteiger partial charge on any atom is 0.226 e. The summed E-state index contributed by atoms with van der Waals surface area (Å²) in [6, 6.07) is 9.41.